The maximum absolute atomic E-state index is 12.4. The number of carbonyl (C=O) groups excluding carboxylic acids is 2. The van der Waals surface area contributed by atoms with Crippen molar-refractivity contribution in [2.24, 2.45) is 0 Å². The van der Waals surface area contributed by atoms with Crippen LogP contribution in [0, 0.1) is 0 Å². The number of carbonyl (C=O) groups is 2. The summed E-state index contributed by atoms with van der Waals surface area (Å²) in [4.78, 5) is 24.5. The van der Waals surface area contributed by atoms with E-state index in [4.69, 9.17) is 4.74 Å². The second-order valence-electron chi connectivity index (χ2n) is 23.5. The second-order valence-corrected chi connectivity index (χ2v) is 23.5. The summed E-state index contributed by atoms with van der Waals surface area (Å²) in [5, 5.41) is 23.0. The van der Waals surface area contributed by atoms with Crippen molar-refractivity contribution in [3.63, 3.8) is 0 Å². The minimum atomic E-state index is -0.841. The lowest BCUT2D eigenvalue weighted by Crippen LogP contribution is -2.45. The molecule has 448 valence electrons. The first-order valence-corrected chi connectivity index (χ1v) is 34.3. The second kappa shape index (κ2) is 65.6. The fourth-order valence-corrected chi connectivity index (χ4v) is 10.7. The zero-order valence-electron chi connectivity index (χ0n) is 51.3. The Morgan fingerprint density at radius 3 is 1.00 bits per heavy atom. The van der Waals surface area contributed by atoms with E-state index >= 15 is 0 Å². The predicted molar refractivity (Wildman–Crippen MR) is 333 cm³/mol. The largest absolute Gasteiger partial charge is 0.466 e. The minimum Gasteiger partial charge on any atom is -0.466 e. The van der Waals surface area contributed by atoms with Gasteiger partial charge in [-0.05, 0) is 64.2 Å². The van der Waals surface area contributed by atoms with Crippen molar-refractivity contribution in [1.82, 2.24) is 5.32 Å². The van der Waals surface area contributed by atoms with Crippen LogP contribution in [0.3, 0.4) is 0 Å². The van der Waals surface area contributed by atoms with Gasteiger partial charge in [0.1, 0.15) is 0 Å². The van der Waals surface area contributed by atoms with Crippen LogP contribution in [0.15, 0.2) is 36.5 Å². The number of aliphatic hydroxyl groups excluding tert-OH is 2. The number of nitrogens with one attached hydrogen (secondary N) is 1. The number of unbranched alkanes of at least 4 members (excludes halogenated alkanes) is 49. The van der Waals surface area contributed by atoms with Crippen LogP contribution in [0.1, 0.15) is 373 Å². The van der Waals surface area contributed by atoms with Crippen LogP contribution in [0.2, 0.25) is 0 Å². The maximum Gasteiger partial charge on any atom is 0.305 e. The number of hydrogen-bond acceptors (Lipinski definition) is 5. The van der Waals surface area contributed by atoms with Gasteiger partial charge in [0.2, 0.25) is 5.91 Å². The smallest absolute Gasteiger partial charge is 0.305 e. The van der Waals surface area contributed by atoms with Gasteiger partial charge >= 0.3 is 5.97 Å². The number of aliphatic hydroxyl groups is 2. The molecular formula is C70H133NO5. The van der Waals surface area contributed by atoms with Gasteiger partial charge in [-0.25, -0.2) is 0 Å². The lowest BCUT2D eigenvalue weighted by Gasteiger charge is -2.20. The Bertz CT molecular complexity index is 1230. The molecule has 0 aliphatic rings. The summed E-state index contributed by atoms with van der Waals surface area (Å²) in [6.07, 6.45) is 83.8. The van der Waals surface area contributed by atoms with Gasteiger partial charge in [-0.15, -0.1) is 0 Å². The predicted octanol–water partition coefficient (Wildman–Crippen LogP) is 21.9. The number of ether oxygens (including phenoxy) is 1. The van der Waals surface area contributed by atoms with Crippen molar-refractivity contribution in [1.29, 1.82) is 0 Å². The molecule has 0 saturated carbocycles. The van der Waals surface area contributed by atoms with Crippen molar-refractivity contribution in [3.05, 3.63) is 36.5 Å². The van der Waals surface area contributed by atoms with Crippen molar-refractivity contribution in [2.45, 2.75) is 386 Å². The SMILES string of the molecule is CCCCCCCCCC/C=C/C(O)C(CO)NC(=O)CCCCCCCCCCCCCCCCCCC/C=C\C/C=C\CCCCCCCCCCCOC(=O)CCCCCCCCCCCCCCCCCC. The maximum atomic E-state index is 12.4. The summed E-state index contributed by atoms with van der Waals surface area (Å²) in [5.74, 6) is -0.0494. The molecule has 3 N–H and O–H groups in total. The number of rotatable bonds is 64. The van der Waals surface area contributed by atoms with E-state index in [-0.39, 0.29) is 18.5 Å². The van der Waals surface area contributed by atoms with E-state index in [0.717, 1.165) is 44.9 Å². The van der Waals surface area contributed by atoms with Crippen LogP contribution in [-0.2, 0) is 14.3 Å². The third-order valence-electron chi connectivity index (χ3n) is 15.9. The Morgan fingerprint density at radius 2 is 0.658 bits per heavy atom. The molecule has 0 rings (SSSR count). The molecule has 0 aliphatic heterocycles. The highest BCUT2D eigenvalue weighted by Crippen LogP contribution is 2.18. The molecule has 0 aromatic heterocycles. The molecule has 0 fully saturated rings. The summed E-state index contributed by atoms with van der Waals surface area (Å²) in [5.41, 5.74) is 0. The summed E-state index contributed by atoms with van der Waals surface area (Å²) in [6.45, 7) is 4.91. The van der Waals surface area contributed by atoms with E-state index < -0.39 is 12.1 Å². The van der Waals surface area contributed by atoms with Crippen LogP contribution in [0.25, 0.3) is 0 Å². The molecule has 2 unspecified atom stereocenters. The number of allylic oxidation sites excluding steroid dienone is 5. The van der Waals surface area contributed by atoms with E-state index in [9.17, 15) is 19.8 Å². The number of esters is 1. The summed E-state index contributed by atoms with van der Waals surface area (Å²) in [7, 11) is 0. The van der Waals surface area contributed by atoms with Crippen molar-refractivity contribution >= 4 is 11.9 Å². The summed E-state index contributed by atoms with van der Waals surface area (Å²) >= 11 is 0. The van der Waals surface area contributed by atoms with Gasteiger partial charge in [0.05, 0.1) is 25.4 Å². The lowest BCUT2D eigenvalue weighted by atomic mass is 10.0. The highest BCUT2D eigenvalue weighted by Gasteiger charge is 2.18. The van der Waals surface area contributed by atoms with Gasteiger partial charge in [0.15, 0.2) is 0 Å². The van der Waals surface area contributed by atoms with Gasteiger partial charge in [0.25, 0.3) is 0 Å². The monoisotopic (exact) mass is 1070 g/mol. The Morgan fingerprint density at radius 1 is 0.368 bits per heavy atom. The molecule has 0 aliphatic carbocycles. The topological polar surface area (TPSA) is 95.9 Å². The highest BCUT2D eigenvalue weighted by molar-refractivity contribution is 5.76. The first-order valence-electron chi connectivity index (χ1n) is 34.3. The molecule has 1 amide bonds. The fraction of sp³-hybridized carbons (Fsp3) is 0.886. The lowest BCUT2D eigenvalue weighted by molar-refractivity contribution is -0.143. The molecule has 0 bridgehead atoms. The third-order valence-corrected chi connectivity index (χ3v) is 15.9. The van der Waals surface area contributed by atoms with E-state index in [0.29, 0.717) is 19.4 Å². The first kappa shape index (κ1) is 74.1. The van der Waals surface area contributed by atoms with E-state index in [1.54, 1.807) is 6.08 Å². The highest BCUT2D eigenvalue weighted by atomic mass is 16.5. The molecule has 0 aromatic rings. The molecule has 6 nitrogen and oxygen atoms in total. The molecule has 0 saturated heterocycles. The normalized spacial score (nSPS) is 12.7. The summed E-state index contributed by atoms with van der Waals surface area (Å²) < 4.78 is 5.50. The summed E-state index contributed by atoms with van der Waals surface area (Å²) in [6, 6.07) is -0.625. The molecule has 2 atom stereocenters. The van der Waals surface area contributed by atoms with Gasteiger partial charge < -0.3 is 20.3 Å². The van der Waals surface area contributed by atoms with E-state index in [1.165, 1.54) is 302 Å². The van der Waals surface area contributed by atoms with Gasteiger partial charge in [0, 0.05) is 12.8 Å². The quantitative estimate of drug-likeness (QED) is 0.0320. The van der Waals surface area contributed by atoms with Crippen molar-refractivity contribution in [3.8, 4) is 0 Å². The van der Waals surface area contributed by atoms with E-state index in [1.807, 2.05) is 6.08 Å². The van der Waals surface area contributed by atoms with Crippen LogP contribution >= 0.6 is 0 Å². The average Bonchev–Trinajstić information content (AvgIpc) is 3.42. The third kappa shape index (κ3) is 61.3. The van der Waals surface area contributed by atoms with Crippen LogP contribution in [0.4, 0.5) is 0 Å². The molecule has 0 aromatic carbocycles. The Balaban J connectivity index is 3.36. The van der Waals surface area contributed by atoms with Crippen LogP contribution in [-0.4, -0.2) is 47.4 Å². The molecule has 0 heterocycles. The minimum absolute atomic E-state index is 0.0176. The molecule has 0 spiro atoms. The van der Waals surface area contributed by atoms with Crippen LogP contribution < -0.4 is 5.32 Å². The van der Waals surface area contributed by atoms with Gasteiger partial charge in [-0.2, -0.15) is 0 Å². The molecule has 0 radical (unpaired) electrons. The molecular weight excluding hydrogens is 935 g/mol. The van der Waals surface area contributed by atoms with Crippen molar-refractivity contribution < 1.29 is 24.5 Å². The van der Waals surface area contributed by atoms with Gasteiger partial charge in [-0.3, -0.25) is 9.59 Å². The molecule has 76 heavy (non-hydrogen) atoms. The van der Waals surface area contributed by atoms with Crippen LogP contribution in [0.5, 0.6) is 0 Å². The Labute approximate surface area is 474 Å². The van der Waals surface area contributed by atoms with Gasteiger partial charge in [-0.1, -0.05) is 333 Å². The molecule has 6 heteroatoms. The van der Waals surface area contributed by atoms with Crippen molar-refractivity contribution in [2.75, 3.05) is 13.2 Å². The standard InChI is InChI=1S/C70H133NO5/c1-3-5-7-9-11-13-15-16-17-38-41-44-48-52-56-60-64-70(75)76-65-61-57-53-49-45-42-39-36-34-32-30-28-26-24-22-20-18-19-21-23-25-27-29-31-33-35-37-40-43-47-51-55-59-63-69(74)71-67(66-72)68(73)62-58-54-50-46-14-12-10-8-6-4-2/h22,24,28,30,58,62,67-68,72-73H,3-21,23,25-27,29,31-57,59-61,63-66H2,1-2H3,(H,71,74)/b24-22-,30-28-,62-58+. The number of amides is 1. The first-order chi connectivity index (χ1) is 37.5. The Hall–Kier alpha value is -1.92. The zero-order chi connectivity index (χ0) is 55.0. The zero-order valence-corrected chi connectivity index (χ0v) is 51.3. The fourth-order valence-electron chi connectivity index (χ4n) is 10.7. The number of hydrogen-bond donors (Lipinski definition) is 3. The Kier molecular flexibility index (Phi) is 63.9. The van der Waals surface area contributed by atoms with E-state index in [2.05, 4.69) is 43.5 Å². The average molecular weight is 1070 g/mol.